The lowest BCUT2D eigenvalue weighted by atomic mass is 10.3. The lowest BCUT2D eigenvalue weighted by molar-refractivity contribution is 0.339. The third-order valence-corrected chi connectivity index (χ3v) is 1.55. The SMILES string of the molecule is CCOc1cnc(Cl)c(C#N)c1. The summed E-state index contributed by atoms with van der Waals surface area (Å²) in [6.45, 7) is 2.41. The van der Waals surface area contributed by atoms with Crippen LogP contribution in [0.5, 0.6) is 5.75 Å². The molecule has 0 atom stereocenters. The molecule has 4 heteroatoms. The Morgan fingerprint density at radius 2 is 2.50 bits per heavy atom. The molecule has 0 amide bonds. The highest BCUT2D eigenvalue weighted by molar-refractivity contribution is 6.30. The van der Waals surface area contributed by atoms with Crippen molar-refractivity contribution in [2.75, 3.05) is 6.61 Å². The molecule has 0 aliphatic heterocycles. The van der Waals surface area contributed by atoms with Gasteiger partial charge in [-0.2, -0.15) is 5.26 Å². The Morgan fingerprint density at radius 1 is 1.75 bits per heavy atom. The summed E-state index contributed by atoms with van der Waals surface area (Å²) in [4.78, 5) is 3.79. The Hall–Kier alpha value is -1.27. The van der Waals surface area contributed by atoms with Crippen molar-refractivity contribution in [1.29, 1.82) is 5.26 Å². The Balaban J connectivity index is 2.99. The number of halogens is 1. The molecule has 0 fully saturated rings. The van der Waals surface area contributed by atoms with E-state index in [-0.39, 0.29) is 5.15 Å². The maximum atomic E-state index is 8.58. The van der Waals surface area contributed by atoms with Crippen molar-refractivity contribution in [3.05, 3.63) is 23.0 Å². The highest BCUT2D eigenvalue weighted by Gasteiger charge is 2.01. The molecule has 3 nitrogen and oxygen atoms in total. The first-order chi connectivity index (χ1) is 5.77. The van der Waals surface area contributed by atoms with Crippen LogP contribution in [0.3, 0.4) is 0 Å². The number of aromatic nitrogens is 1. The van der Waals surface area contributed by atoms with Gasteiger partial charge in [0.05, 0.1) is 18.4 Å². The van der Waals surface area contributed by atoms with Crippen molar-refractivity contribution in [3.8, 4) is 11.8 Å². The summed E-state index contributed by atoms with van der Waals surface area (Å²) >= 11 is 5.61. The molecule has 0 N–H and O–H groups in total. The van der Waals surface area contributed by atoms with Gasteiger partial charge in [-0.1, -0.05) is 11.6 Å². The van der Waals surface area contributed by atoms with Crippen molar-refractivity contribution in [2.45, 2.75) is 6.92 Å². The topological polar surface area (TPSA) is 45.9 Å². The van der Waals surface area contributed by atoms with Crippen LogP contribution in [0.1, 0.15) is 12.5 Å². The van der Waals surface area contributed by atoms with Crippen LogP contribution in [0.25, 0.3) is 0 Å². The maximum absolute atomic E-state index is 8.58. The van der Waals surface area contributed by atoms with E-state index in [1.165, 1.54) is 6.20 Å². The molecule has 0 aliphatic carbocycles. The summed E-state index contributed by atoms with van der Waals surface area (Å²) in [5.74, 6) is 0.568. The van der Waals surface area contributed by atoms with Crippen LogP contribution in [0, 0.1) is 11.3 Å². The van der Waals surface area contributed by atoms with Gasteiger partial charge in [0.15, 0.2) is 0 Å². The smallest absolute Gasteiger partial charge is 0.147 e. The minimum atomic E-state index is 0.209. The van der Waals surface area contributed by atoms with E-state index in [0.717, 1.165) is 0 Å². The van der Waals surface area contributed by atoms with Gasteiger partial charge in [0, 0.05) is 6.07 Å². The van der Waals surface area contributed by atoms with Gasteiger partial charge in [-0.15, -0.1) is 0 Å². The lowest BCUT2D eigenvalue weighted by Gasteiger charge is -2.01. The van der Waals surface area contributed by atoms with Crippen molar-refractivity contribution in [3.63, 3.8) is 0 Å². The molecule has 0 saturated carbocycles. The van der Waals surface area contributed by atoms with E-state index in [4.69, 9.17) is 21.6 Å². The van der Waals surface area contributed by atoms with Crippen LogP contribution in [-0.4, -0.2) is 11.6 Å². The second-order valence-electron chi connectivity index (χ2n) is 2.05. The fourth-order valence-corrected chi connectivity index (χ4v) is 0.899. The second kappa shape index (κ2) is 3.93. The Labute approximate surface area is 75.6 Å². The van der Waals surface area contributed by atoms with Gasteiger partial charge in [-0.3, -0.25) is 0 Å². The normalized spacial score (nSPS) is 9.08. The molecule has 0 saturated heterocycles. The predicted octanol–water partition coefficient (Wildman–Crippen LogP) is 2.01. The van der Waals surface area contributed by atoms with E-state index in [2.05, 4.69) is 4.98 Å². The average Bonchev–Trinajstić information content (AvgIpc) is 2.09. The first-order valence-corrected chi connectivity index (χ1v) is 3.84. The summed E-state index contributed by atoms with van der Waals surface area (Å²) in [5.41, 5.74) is 0.336. The third kappa shape index (κ3) is 1.86. The molecule has 62 valence electrons. The van der Waals surface area contributed by atoms with Gasteiger partial charge in [0.25, 0.3) is 0 Å². The number of ether oxygens (including phenoxy) is 1. The number of rotatable bonds is 2. The zero-order chi connectivity index (χ0) is 8.97. The molecule has 1 rings (SSSR count). The van der Waals surface area contributed by atoms with Gasteiger partial charge in [0.1, 0.15) is 17.0 Å². The zero-order valence-corrected chi connectivity index (χ0v) is 7.30. The van der Waals surface area contributed by atoms with Crippen LogP contribution in [0.2, 0.25) is 5.15 Å². The zero-order valence-electron chi connectivity index (χ0n) is 6.54. The molecule has 1 aromatic heterocycles. The van der Waals surface area contributed by atoms with Crippen LogP contribution >= 0.6 is 11.6 Å². The van der Waals surface area contributed by atoms with Gasteiger partial charge in [0.2, 0.25) is 0 Å². The van der Waals surface area contributed by atoms with E-state index in [9.17, 15) is 0 Å². The minimum Gasteiger partial charge on any atom is -0.492 e. The van der Waals surface area contributed by atoms with Crippen molar-refractivity contribution < 1.29 is 4.74 Å². The summed E-state index contributed by atoms with van der Waals surface area (Å²) in [6.07, 6.45) is 1.49. The Bertz CT molecular complexity index is 319. The second-order valence-corrected chi connectivity index (χ2v) is 2.41. The lowest BCUT2D eigenvalue weighted by Crippen LogP contribution is -1.93. The van der Waals surface area contributed by atoms with Gasteiger partial charge < -0.3 is 4.74 Å². The molecule has 0 spiro atoms. The van der Waals surface area contributed by atoms with Crippen LogP contribution in [0.4, 0.5) is 0 Å². The average molecular weight is 183 g/mol. The van der Waals surface area contributed by atoms with Crippen LogP contribution in [0.15, 0.2) is 12.3 Å². The molecule has 0 aromatic carbocycles. The molecule has 1 aromatic rings. The molecule has 0 bridgehead atoms. The Kier molecular flexibility index (Phi) is 2.89. The highest BCUT2D eigenvalue weighted by atomic mass is 35.5. The van der Waals surface area contributed by atoms with E-state index < -0.39 is 0 Å². The molecule has 12 heavy (non-hydrogen) atoms. The fraction of sp³-hybridized carbons (Fsp3) is 0.250. The van der Waals surface area contributed by atoms with Gasteiger partial charge >= 0.3 is 0 Å². The molecule has 0 unspecified atom stereocenters. The number of hydrogen-bond acceptors (Lipinski definition) is 3. The van der Waals surface area contributed by atoms with E-state index in [1.807, 2.05) is 13.0 Å². The Morgan fingerprint density at radius 3 is 3.08 bits per heavy atom. The van der Waals surface area contributed by atoms with E-state index in [1.54, 1.807) is 6.07 Å². The summed E-state index contributed by atoms with van der Waals surface area (Å²) in [6, 6.07) is 3.49. The van der Waals surface area contributed by atoms with E-state index in [0.29, 0.717) is 17.9 Å². The molecular weight excluding hydrogens is 176 g/mol. The predicted molar refractivity (Wildman–Crippen MR) is 45.1 cm³/mol. The van der Waals surface area contributed by atoms with Crippen LogP contribution in [-0.2, 0) is 0 Å². The number of nitriles is 1. The first-order valence-electron chi connectivity index (χ1n) is 3.46. The standard InChI is InChI=1S/C8H7ClN2O/c1-2-12-7-3-6(4-10)8(9)11-5-7/h3,5H,2H2,1H3. The fourth-order valence-electron chi connectivity index (χ4n) is 0.753. The van der Waals surface area contributed by atoms with Crippen molar-refractivity contribution in [2.24, 2.45) is 0 Å². The number of pyridine rings is 1. The number of hydrogen-bond donors (Lipinski definition) is 0. The maximum Gasteiger partial charge on any atom is 0.147 e. The molecular formula is C8H7ClN2O. The minimum absolute atomic E-state index is 0.209. The highest BCUT2D eigenvalue weighted by Crippen LogP contribution is 2.17. The molecule has 1 heterocycles. The van der Waals surface area contributed by atoms with Crippen molar-refractivity contribution in [1.82, 2.24) is 4.98 Å². The number of nitrogens with zero attached hydrogens (tertiary/aromatic N) is 2. The van der Waals surface area contributed by atoms with Crippen LogP contribution < -0.4 is 4.74 Å². The van der Waals surface area contributed by atoms with Gasteiger partial charge in [-0.25, -0.2) is 4.98 Å². The quantitative estimate of drug-likeness (QED) is 0.658. The summed E-state index contributed by atoms with van der Waals surface area (Å²) in [7, 11) is 0. The van der Waals surface area contributed by atoms with Gasteiger partial charge in [-0.05, 0) is 6.92 Å². The summed E-state index contributed by atoms with van der Waals surface area (Å²) < 4.78 is 5.13. The largest absolute Gasteiger partial charge is 0.492 e. The van der Waals surface area contributed by atoms with E-state index >= 15 is 0 Å². The summed E-state index contributed by atoms with van der Waals surface area (Å²) in [5, 5.41) is 8.79. The first kappa shape index (κ1) is 8.82. The molecule has 0 aliphatic rings. The van der Waals surface area contributed by atoms with Crippen molar-refractivity contribution >= 4 is 11.6 Å². The molecule has 0 radical (unpaired) electrons. The third-order valence-electron chi connectivity index (χ3n) is 1.25. The monoisotopic (exact) mass is 182 g/mol.